The first kappa shape index (κ1) is 15.4. The van der Waals surface area contributed by atoms with Gasteiger partial charge in [0.1, 0.15) is 11.6 Å². The van der Waals surface area contributed by atoms with Gasteiger partial charge < -0.3 is 0 Å². The van der Waals surface area contributed by atoms with Crippen molar-refractivity contribution in [1.29, 1.82) is 0 Å². The second kappa shape index (κ2) is 6.64. The van der Waals surface area contributed by atoms with Crippen LogP contribution >= 0.6 is 34.9 Å². The highest BCUT2D eigenvalue weighted by molar-refractivity contribution is 8.03. The maximum Gasteiger partial charge on any atom is 0.178 e. The van der Waals surface area contributed by atoms with Gasteiger partial charge in [0, 0.05) is 6.07 Å². The fourth-order valence-corrected chi connectivity index (χ4v) is 4.09. The van der Waals surface area contributed by atoms with Crippen LogP contribution < -0.4 is 0 Å². The molecule has 0 fully saturated rings. The van der Waals surface area contributed by atoms with E-state index in [-0.39, 0.29) is 5.56 Å². The summed E-state index contributed by atoms with van der Waals surface area (Å²) < 4.78 is 27.8. The zero-order chi connectivity index (χ0) is 14.7. The Labute approximate surface area is 127 Å². The molecule has 2 rings (SSSR count). The largest absolute Gasteiger partial charge is 0.293 e. The average Bonchev–Trinajstić information content (AvgIpc) is 2.85. The van der Waals surface area contributed by atoms with Crippen molar-refractivity contribution in [2.75, 3.05) is 6.26 Å². The molecule has 0 saturated carbocycles. The van der Waals surface area contributed by atoms with Gasteiger partial charge in [0.15, 0.2) is 14.5 Å². The number of halogens is 2. The predicted octanol–water partition coefficient (Wildman–Crippen LogP) is 3.90. The number of aromatic nitrogens is 2. The standard InChI is InChI=1S/C12H10F2N2OS3/c1-6(19-12-16-15-11(18-2)20-12)10(17)8-4-3-7(13)5-9(8)14/h3-6H,1-2H3. The third-order valence-corrected chi connectivity index (χ3v) is 5.49. The molecule has 0 aliphatic heterocycles. The van der Waals surface area contributed by atoms with Crippen LogP contribution in [0.2, 0.25) is 0 Å². The van der Waals surface area contributed by atoms with Crippen molar-refractivity contribution in [3.05, 3.63) is 35.4 Å². The van der Waals surface area contributed by atoms with E-state index in [0.29, 0.717) is 10.4 Å². The summed E-state index contributed by atoms with van der Waals surface area (Å²) in [6, 6.07) is 2.95. The first-order valence-corrected chi connectivity index (χ1v) is 8.46. The van der Waals surface area contributed by atoms with Crippen molar-refractivity contribution in [2.24, 2.45) is 0 Å². The number of Topliss-reactive ketones (excluding diaryl/α,β-unsaturated/α-hetero) is 1. The number of hydrogen-bond acceptors (Lipinski definition) is 6. The van der Waals surface area contributed by atoms with Gasteiger partial charge in [-0.3, -0.25) is 4.79 Å². The van der Waals surface area contributed by atoms with Crippen molar-refractivity contribution in [3.8, 4) is 0 Å². The summed E-state index contributed by atoms with van der Waals surface area (Å²) >= 11 is 4.07. The summed E-state index contributed by atoms with van der Waals surface area (Å²) in [6.07, 6.45) is 1.89. The highest BCUT2D eigenvalue weighted by atomic mass is 32.2. The minimum atomic E-state index is -0.843. The van der Waals surface area contributed by atoms with E-state index in [1.165, 1.54) is 34.9 Å². The summed E-state index contributed by atoms with van der Waals surface area (Å²) in [7, 11) is 0. The van der Waals surface area contributed by atoms with Crippen LogP contribution in [0.4, 0.5) is 8.78 Å². The third-order valence-electron chi connectivity index (χ3n) is 2.41. The molecule has 2 aromatic rings. The maximum absolute atomic E-state index is 13.6. The fourth-order valence-electron chi connectivity index (χ4n) is 1.44. The number of nitrogens with zero attached hydrogens (tertiary/aromatic N) is 2. The van der Waals surface area contributed by atoms with Gasteiger partial charge in [-0.15, -0.1) is 10.2 Å². The van der Waals surface area contributed by atoms with E-state index in [1.54, 1.807) is 6.92 Å². The van der Waals surface area contributed by atoms with E-state index in [1.807, 2.05) is 6.26 Å². The maximum atomic E-state index is 13.6. The minimum absolute atomic E-state index is 0.110. The Hall–Kier alpha value is -0.990. The third kappa shape index (κ3) is 3.56. The molecule has 1 aromatic heterocycles. The molecule has 0 aliphatic carbocycles. The molecule has 1 atom stereocenters. The summed E-state index contributed by atoms with van der Waals surface area (Å²) in [6.45, 7) is 1.66. The molecule has 0 N–H and O–H groups in total. The molecule has 106 valence electrons. The van der Waals surface area contributed by atoms with Crippen molar-refractivity contribution in [2.45, 2.75) is 20.9 Å². The Morgan fingerprint density at radius 2 is 2.00 bits per heavy atom. The fraction of sp³-hybridized carbons (Fsp3) is 0.250. The summed E-state index contributed by atoms with van der Waals surface area (Å²) in [4.78, 5) is 12.1. The Morgan fingerprint density at radius 3 is 2.60 bits per heavy atom. The molecule has 3 nitrogen and oxygen atoms in total. The Morgan fingerprint density at radius 1 is 1.30 bits per heavy atom. The van der Waals surface area contributed by atoms with Gasteiger partial charge in [-0.05, 0) is 25.3 Å². The molecule has 0 bridgehead atoms. The van der Waals surface area contributed by atoms with Crippen LogP contribution in [0, 0.1) is 11.6 Å². The van der Waals surface area contributed by atoms with E-state index in [0.717, 1.165) is 16.5 Å². The van der Waals surface area contributed by atoms with Crippen LogP contribution in [-0.4, -0.2) is 27.5 Å². The highest BCUT2D eigenvalue weighted by Gasteiger charge is 2.21. The van der Waals surface area contributed by atoms with Gasteiger partial charge >= 0.3 is 0 Å². The van der Waals surface area contributed by atoms with E-state index in [2.05, 4.69) is 10.2 Å². The lowest BCUT2D eigenvalue weighted by Gasteiger charge is -2.08. The SMILES string of the molecule is CSc1nnc(SC(C)C(=O)c2ccc(F)cc2F)s1. The molecule has 0 spiro atoms. The van der Waals surface area contributed by atoms with E-state index in [9.17, 15) is 13.6 Å². The Kier molecular flexibility index (Phi) is 5.11. The summed E-state index contributed by atoms with van der Waals surface area (Å²) in [5, 5.41) is 7.35. The molecule has 0 radical (unpaired) electrons. The van der Waals surface area contributed by atoms with Crippen LogP contribution in [0.5, 0.6) is 0 Å². The topological polar surface area (TPSA) is 42.9 Å². The Bertz CT molecular complexity index is 633. The van der Waals surface area contributed by atoms with E-state index in [4.69, 9.17) is 0 Å². The van der Waals surface area contributed by atoms with Crippen LogP contribution in [-0.2, 0) is 0 Å². The van der Waals surface area contributed by atoms with Crippen LogP contribution in [0.1, 0.15) is 17.3 Å². The van der Waals surface area contributed by atoms with Crippen molar-refractivity contribution in [3.63, 3.8) is 0 Å². The second-order valence-electron chi connectivity index (χ2n) is 3.79. The van der Waals surface area contributed by atoms with Gasteiger partial charge in [-0.2, -0.15) is 0 Å². The zero-order valence-electron chi connectivity index (χ0n) is 10.6. The van der Waals surface area contributed by atoms with Crippen LogP contribution in [0.15, 0.2) is 26.9 Å². The number of thioether (sulfide) groups is 2. The molecule has 0 aliphatic rings. The highest BCUT2D eigenvalue weighted by Crippen LogP contribution is 2.31. The lowest BCUT2D eigenvalue weighted by molar-refractivity contribution is 0.0990. The summed E-state index contributed by atoms with van der Waals surface area (Å²) in [5.74, 6) is -1.94. The van der Waals surface area contributed by atoms with Gasteiger partial charge in [-0.1, -0.05) is 34.9 Å². The number of benzene rings is 1. The number of ketones is 1. The predicted molar refractivity (Wildman–Crippen MR) is 77.7 cm³/mol. The molecular weight excluding hydrogens is 322 g/mol. The zero-order valence-corrected chi connectivity index (χ0v) is 13.0. The molecule has 0 amide bonds. The molecular formula is C12H10F2N2OS3. The van der Waals surface area contributed by atoms with Gasteiger partial charge in [0.2, 0.25) is 0 Å². The lowest BCUT2D eigenvalue weighted by Crippen LogP contribution is -2.15. The number of rotatable bonds is 5. The monoisotopic (exact) mass is 332 g/mol. The number of hydrogen-bond donors (Lipinski definition) is 0. The molecule has 8 heteroatoms. The minimum Gasteiger partial charge on any atom is -0.293 e. The van der Waals surface area contributed by atoms with Crippen LogP contribution in [0.3, 0.4) is 0 Å². The van der Waals surface area contributed by atoms with Crippen molar-refractivity contribution < 1.29 is 13.6 Å². The number of carbonyl (C=O) groups is 1. The normalized spacial score (nSPS) is 12.4. The van der Waals surface area contributed by atoms with Crippen molar-refractivity contribution >= 4 is 40.6 Å². The molecule has 20 heavy (non-hydrogen) atoms. The summed E-state index contributed by atoms with van der Waals surface area (Å²) in [5.41, 5.74) is -0.110. The van der Waals surface area contributed by atoms with Gasteiger partial charge in [-0.25, -0.2) is 8.78 Å². The number of carbonyl (C=O) groups excluding carboxylic acids is 1. The first-order chi connectivity index (χ1) is 9.51. The van der Waals surface area contributed by atoms with Crippen LogP contribution in [0.25, 0.3) is 0 Å². The average molecular weight is 332 g/mol. The molecule has 1 aromatic carbocycles. The molecule has 1 unspecified atom stereocenters. The smallest absolute Gasteiger partial charge is 0.178 e. The van der Waals surface area contributed by atoms with E-state index < -0.39 is 22.7 Å². The first-order valence-electron chi connectivity index (χ1n) is 5.54. The second-order valence-corrected chi connectivity index (χ2v) is 7.41. The van der Waals surface area contributed by atoms with Gasteiger partial charge in [0.05, 0.1) is 10.8 Å². The quantitative estimate of drug-likeness (QED) is 0.613. The molecule has 0 saturated heterocycles. The van der Waals surface area contributed by atoms with Crippen molar-refractivity contribution in [1.82, 2.24) is 10.2 Å². The molecule has 1 heterocycles. The van der Waals surface area contributed by atoms with E-state index >= 15 is 0 Å². The van der Waals surface area contributed by atoms with Gasteiger partial charge in [0.25, 0.3) is 0 Å². The Balaban J connectivity index is 2.12. The lowest BCUT2D eigenvalue weighted by atomic mass is 10.1.